The molecule has 5 rings (SSSR count). The van der Waals surface area contributed by atoms with Crippen LogP contribution in [0.2, 0.25) is 0 Å². The lowest BCUT2D eigenvalue weighted by Crippen LogP contribution is -2.23. The highest BCUT2D eigenvalue weighted by Crippen LogP contribution is 2.34. The van der Waals surface area contributed by atoms with Gasteiger partial charge in [-0.2, -0.15) is 5.10 Å². The second-order valence-electron chi connectivity index (χ2n) is 7.35. The van der Waals surface area contributed by atoms with Crippen molar-refractivity contribution in [3.05, 3.63) is 78.0 Å². The predicted molar refractivity (Wildman–Crippen MR) is 119 cm³/mol. The minimum Gasteiger partial charge on any atom is -0.383 e. The van der Waals surface area contributed by atoms with Gasteiger partial charge >= 0.3 is 0 Å². The van der Waals surface area contributed by atoms with E-state index in [4.69, 9.17) is 10.8 Å². The number of pyridine rings is 1. The van der Waals surface area contributed by atoms with E-state index in [0.717, 1.165) is 29.1 Å². The maximum atomic E-state index is 14.3. The fourth-order valence-corrected chi connectivity index (χ4v) is 3.76. The highest BCUT2D eigenvalue weighted by molar-refractivity contribution is 5.81. The van der Waals surface area contributed by atoms with Gasteiger partial charge in [0.25, 0.3) is 0 Å². The third-order valence-corrected chi connectivity index (χ3v) is 5.29. The van der Waals surface area contributed by atoms with Crippen molar-refractivity contribution in [2.45, 2.75) is 6.54 Å². The summed E-state index contributed by atoms with van der Waals surface area (Å²) in [4.78, 5) is 15.2. The van der Waals surface area contributed by atoms with Gasteiger partial charge in [-0.15, -0.1) is 0 Å². The Labute approximate surface area is 178 Å². The third-order valence-electron chi connectivity index (χ3n) is 5.29. The summed E-state index contributed by atoms with van der Waals surface area (Å²) in [5.74, 6) is 1.42. The highest BCUT2D eigenvalue weighted by atomic mass is 19.1. The van der Waals surface area contributed by atoms with E-state index in [1.54, 1.807) is 35.4 Å². The Morgan fingerprint density at radius 3 is 2.71 bits per heavy atom. The summed E-state index contributed by atoms with van der Waals surface area (Å²) < 4.78 is 16.1. The van der Waals surface area contributed by atoms with E-state index in [0.29, 0.717) is 29.4 Å². The Morgan fingerprint density at radius 2 is 1.94 bits per heavy atom. The van der Waals surface area contributed by atoms with Crippen LogP contribution in [0.15, 0.2) is 61.1 Å². The summed E-state index contributed by atoms with van der Waals surface area (Å²) in [7, 11) is 1.98. The van der Waals surface area contributed by atoms with Crippen LogP contribution in [0.3, 0.4) is 0 Å². The van der Waals surface area contributed by atoms with Crippen molar-refractivity contribution in [2.24, 2.45) is 0 Å². The van der Waals surface area contributed by atoms with Crippen LogP contribution in [0.1, 0.15) is 11.1 Å². The fourth-order valence-electron chi connectivity index (χ4n) is 3.76. The van der Waals surface area contributed by atoms with Crippen molar-refractivity contribution in [3.8, 4) is 22.6 Å². The first kappa shape index (κ1) is 18.9. The molecule has 154 valence electrons. The summed E-state index contributed by atoms with van der Waals surface area (Å²) >= 11 is 0. The molecule has 0 saturated heterocycles. The highest BCUT2D eigenvalue weighted by Gasteiger charge is 2.25. The van der Waals surface area contributed by atoms with Gasteiger partial charge in [-0.05, 0) is 23.8 Å². The SMILES string of the molecule is CN1CC=Cc2c(-c3ncc(-c4ccncc4)c(N)n3)nn(Cc3ccccc3F)c21. The second kappa shape index (κ2) is 7.64. The molecule has 31 heavy (non-hydrogen) atoms. The molecule has 1 aliphatic rings. The predicted octanol–water partition coefficient (Wildman–Crippen LogP) is 3.63. The Morgan fingerprint density at radius 1 is 1.13 bits per heavy atom. The zero-order chi connectivity index (χ0) is 21.4. The van der Waals surface area contributed by atoms with E-state index in [1.165, 1.54) is 6.07 Å². The summed E-state index contributed by atoms with van der Waals surface area (Å²) in [5, 5.41) is 4.76. The van der Waals surface area contributed by atoms with Gasteiger partial charge in [0, 0.05) is 48.9 Å². The molecule has 7 nitrogen and oxygen atoms in total. The average Bonchev–Trinajstić information content (AvgIpc) is 3.15. The van der Waals surface area contributed by atoms with Crippen LogP contribution in [0.4, 0.5) is 16.0 Å². The van der Waals surface area contributed by atoms with Crippen molar-refractivity contribution in [3.63, 3.8) is 0 Å². The van der Waals surface area contributed by atoms with Crippen molar-refractivity contribution in [1.29, 1.82) is 0 Å². The average molecular weight is 413 g/mol. The van der Waals surface area contributed by atoms with Crippen LogP contribution in [-0.2, 0) is 6.54 Å². The third kappa shape index (κ3) is 3.42. The number of hydrogen-bond acceptors (Lipinski definition) is 6. The lowest BCUT2D eigenvalue weighted by atomic mass is 10.1. The van der Waals surface area contributed by atoms with E-state index in [1.807, 2.05) is 31.3 Å². The van der Waals surface area contributed by atoms with Crippen LogP contribution in [-0.4, -0.2) is 38.3 Å². The number of rotatable bonds is 4. The van der Waals surface area contributed by atoms with Crippen molar-refractivity contribution >= 4 is 17.7 Å². The van der Waals surface area contributed by atoms with Crippen LogP contribution in [0, 0.1) is 5.82 Å². The molecular weight excluding hydrogens is 393 g/mol. The van der Waals surface area contributed by atoms with Crippen molar-refractivity contribution < 1.29 is 4.39 Å². The number of anilines is 2. The number of nitrogen functional groups attached to an aromatic ring is 1. The number of benzene rings is 1. The summed E-state index contributed by atoms with van der Waals surface area (Å²) in [6.07, 6.45) is 9.15. The quantitative estimate of drug-likeness (QED) is 0.550. The van der Waals surface area contributed by atoms with Gasteiger partial charge in [-0.1, -0.05) is 30.4 Å². The lowest BCUT2D eigenvalue weighted by Gasteiger charge is -2.23. The molecule has 0 radical (unpaired) electrons. The molecule has 0 saturated carbocycles. The lowest BCUT2D eigenvalue weighted by molar-refractivity contribution is 0.584. The fraction of sp³-hybridized carbons (Fsp3) is 0.130. The molecule has 1 aromatic carbocycles. The molecule has 3 aromatic heterocycles. The van der Waals surface area contributed by atoms with Gasteiger partial charge in [0.15, 0.2) is 5.82 Å². The van der Waals surface area contributed by atoms with Crippen LogP contribution in [0.25, 0.3) is 28.7 Å². The van der Waals surface area contributed by atoms with E-state index in [-0.39, 0.29) is 5.82 Å². The molecule has 4 aromatic rings. The minimum absolute atomic E-state index is 0.260. The van der Waals surface area contributed by atoms with Crippen LogP contribution >= 0.6 is 0 Å². The first-order valence-corrected chi connectivity index (χ1v) is 9.87. The number of likely N-dealkylation sites (N-methyl/N-ethyl adjacent to an activating group) is 1. The molecule has 0 fully saturated rings. The molecule has 0 spiro atoms. The molecule has 1 aliphatic heterocycles. The second-order valence-corrected chi connectivity index (χ2v) is 7.35. The molecule has 0 atom stereocenters. The molecule has 0 bridgehead atoms. The largest absolute Gasteiger partial charge is 0.383 e. The van der Waals surface area contributed by atoms with Gasteiger partial charge in [-0.3, -0.25) is 4.98 Å². The number of nitrogens with zero attached hydrogens (tertiary/aromatic N) is 6. The van der Waals surface area contributed by atoms with E-state index in [2.05, 4.69) is 25.9 Å². The van der Waals surface area contributed by atoms with Crippen LogP contribution in [0.5, 0.6) is 0 Å². The summed E-state index contributed by atoms with van der Waals surface area (Å²) in [6.45, 7) is 1.04. The summed E-state index contributed by atoms with van der Waals surface area (Å²) in [5.41, 5.74) is 9.96. The van der Waals surface area contributed by atoms with Gasteiger partial charge in [-0.25, -0.2) is 19.0 Å². The Hall–Kier alpha value is -4.07. The zero-order valence-corrected chi connectivity index (χ0v) is 16.9. The van der Waals surface area contributed by atoms with Gasteiger partial charge < -0.3 is 10.6 Å². The van der Waals surface area contributed by atoms with Crippen LogP contribution < -0.4 is 10.6 Å². The Bertz CT molecular complexity index is 1280. The van der Waals surface area contributed by atoms with Crippen molar-refractivity contribution in [2.75, 3.05) is 24.2 Å². The smallest absolute Gasteiger partial charge is 0.182 e. The van der Waals surface area contributed by atoms with Crippen molar-refractivity contribution in [1.82, 2.24) is 24.7 Å². The standard InChI is InChI=1S/C23H20FN7/c1-30-12-4-6-17-20(29-31(23(17)30)14-16-5-2-3-7-19(16)24)22-27-13-18(21(25)28-22)15-8-10-26-11-9-15/h2-11,13H,12,14H2,1H3,(H2,25,27,28). The molecule has 0 amide bonds. The molecule has 8 heteroatoms. The van der Waals surface area contributed by atoms with E-state index < -0.39 is 0 Å². The molecule has 0 aliphatic carbocycles. The molecular formula is C23H20FN7. The van der Waals surface area contributed by atoms with Gasteiger partial charge in [0.05, 0.1) is 6.54 Å². The topological polar surface area (TPSA) is 85.8 Å². The number of nitrogens with two attached hydrogens (primary N) is 1. The number of halogens is 1. The summed E-state index contributed by atoms with van der Waals surface area (Å²) in [6, 6.07) is 10.4. The first-order valence-electron chi connectivity index (χ1n) is 9.87. The van der Waals surface area contributed by atoms with E-state index >= 15 is 0 Å². The Balaban J connectivity index is 1.60. The monoisotopic (exact) mass is 413 g/mol. The minimum atomic E-state index is -0.260. The number of hydrogen-bond donors (Lipinski definition) is 1. The van der Waals surface area contributed by atoms with Gasteiger partial charge in [0.2, 0.25) is 0 Å². The maximum absolute atomic E-state index is 14.3. The maximum Gasteiger partial charge on any atom is 0.182 e. The molecule has 4 heterocycles. The number of fused-ring (bicyclic) bond motifs is 1. The normalized spacial score (nSPS) is 12.8. The zero-order valence-electron chi connectivity index (χ0n) is 16.9. The van der Waals surface area contributed by atoms with Gasteiger partial charge in [0.1, 0.15) is 23.1 Å². The van der Waals surface area contributed by atoms with E-state index in [9.17, 15) is 4.39 Å². The molecule has 2 N–H and O–H groups in total. The Kier molecular flexibility index (Phi) is 4.66. The first-order chi connectivity index (χ1) is 15.1. The molecule has 0 unspecified atom stereocenters. The number of aromatic nitrogens is 5.